The Balaban J connectivity index is -0.0000000312. The van der Waals surface area contributed by atoms with Gasteiger partial charge in [0.2, 0.25) is 0 Å². The molecule has 0 aliphatic heterocycles. The first-order valence-electron chi connectivity index (χ1n) is 2.50. The normalized spacial score (nSPS) is 13.3. The van der Waals surface area contributed by atoms with Crippen LogP contribution in [-0.2, 0) is 21.7 Å². The Hall–Kier alpha value is 0.714. The summed E-state index contributed by atoms with van der Waals surface area (Å²) >= 11 is 0. The van der Waals surface area contributed by atoms with Crippen LogP contribution in [-0.4, -0.2) is 0 Å². The van der Waals surface area contributed by atoms with Crippen LogP contribution in [0.5, 0.6) is 0 Å². The molecule has 0 heterocycles. The second kappa shape index (κ2) is 15.9. The smallest absolute Gasteiger partial charge is 0.358 e. The zero-order chi connectivity index (χ0) is 3.54. The Labute approximate surface area is 76.3 Å². The fraction of sp³-hybridized carbons (Fsp3) is 0.625. The van der Waals surface area contributed by atoms with Crippen molar-refractivity contribution in [1.82, 2.24) is 0 Å². The summed E-state index contributed by atoms with van der Waals surface area (Å²) in [5.74, 6) is 0. The van der Waals surface area contributed by atoms with Crippen LogP contribution >= 0.6 is 0 Å². The molecule has 0 radical (unpaired) electrons. The minimum Gasteiger partial charge on any atom is -0.358 e. The summed E-state index contributed by atoms with van der Waals surface area (Å²) in [4.78, 5) is 0. The molecule has 1 rings (SSSR count). The third-order valence-corrected chi connectivity index (χ3v) is 1.25. The quantitative estimate of drug-likeness (QED) is 0.379. The molecule has 54 valence electrons. The second-order valence-corrected chi connectivity index (χ2v) is 1.77. The molecule has 0 N–H and O–H groups in total. The van der Waals surface area contributed by atoms with Crippen LogP contribution in [0.2, 0.25) is 0 Å². The largest absolute Gasteiger partial charge is 4.00 e. The van der Waals surface area contributed by atoms with Gasteiger partial charge in [0, 0.05) is 0 Å². The molecule has 1 heteroatoms. The van der Waals surface area contributed by atoms with Gasteiger partial charge in [-0.1, -0.05) is 32.1 Å². The van der Waals surface area contributed by atoms with Gasteiger partial charge in [0.1, 0.15) is 0 Å². The summed E-state index contributed by atoms with van der Waals surface area (Å²) in [6, 6.07) is 0. The third-order valence-electron chi connectivity index (χ3n) is 1.25. The van der Waals surface area contributed by atoms with Crippen LogP contribution < -0.4 is 0 Å². The maximum Gasteiger partial charge on any atom is 4.00 e. The van der Waals surface area contributed by atoms with Crippen LogP contribution in [0.3, 0.4) is 0 Å². The van der Waals surface area contributed by atoms with E-state index in [1.807, 2.05) is 0 Å². The topological polar surface area (TPSA) is 0 Å². The van der Waals surface area contributed by atoms with Gasteiger partial charge in [-0.25, -0.2) is 0 Å². The molecule has 0 atom stereocenters. The standard InChI is InChI=1S/C5H10.3CH3.Ti/c1-2-4-5-3-1;;;;/h1-5H2;3*1H3;/q;3*-1;+4. The van der Waals surface area contributed by atoms with Crippen molar-refractivity contribution in [3.63, 3.8) is 0 Å². The first kappa shape index (κ1) is 22.6. The van der Waals surface area contributed by atoms with Crippen molar-refractivity contribution in [1.29, 1.82) is 0 Å². The Kier molecular flexibility index (Phi) is 39.9. The van der Waals surface area contributed by atoms with Crippen molar-refractivity contribution in [3.8, 4) is 0 Å². The van der Waals surface area contributed by atoms with Crippen molar-refractivity contribution in [2.45, 2.75) is 32.1 Å². The first-order chi connectivity index (χ1) is 2.50. The number of hydrogen-bond acceptors (Lipinski definition) is 0. The minimum atomic E-state index is 0. The Bertz CT molecular complexity index is 16.1. The summed E-state index contributed by atoms with van der Waals surface area (Å²) in [5, 5.41) is 0. The van der Waals surface area contributed by atoms with E-state index in [0.29, 0.717) is 0 Å². The SMILES string of the molecule is C1CCCC1.[CH3-].[CH3-].[CH3-].[Ti+4]. The van der Waals surface area contributed by atoms with E-state index in [0.717, 1.165) is 0 Å². The molecule has 9 heavy (non-hydrogen) atoms. The van der Waals surface area contributed by atoms with Gasteiger partial charge in [0.05, 0.1) is 0 Å². The molecule has 1 saturated carbocycles. The van der Waals surface area contributed by atoms with Crippen LogP contribution in [0.15, 0.2) is 0 Å². The Morgan fingerprint density at radius 3 is 0.667 bits per heavy atom. The third kappa shape index (κ3) is 12.0. The summed E-state index contributed by atoms with van der Waals surface area (Å²) in [6.45, 7) is 0. The van der Waals surface area contributed by atoms with E-state index in [2.05, 4.69) is 0 Å². The zero-order valence-electron chi connectivity index (χ0n) is 7.04. The zero-order valence-corrected chi connectivity index (χ0v) is 8.60. The van der Waals surface area contributed by atoms with Gasteiger partial charge in [-0.15, -0.1) is 0 Å². The van der Waals surface area contributed by atoms with E-state index in [-0.39, 0.29) is 44.0 Å². The van der Waals surface area contributed by atoms with Crippen LogP contribution in [0.4, 0.5) is 0 Å². The molecular weight excluding hydrogens is 144 g/mol. The molecular formula is C8H19Ti+. The molecule has 0 spiro atoms. The summed E-state index contributed by atoms with van der Waals surface area (Å²) in [5.41, 5.74) is 0. The van der Waals surface area contributed by atoms with Gasteiger partial charge in [0.25, 0.3) is 0 Å². The van der Waals surface area contributed by atoms with Gasteiger partial charge in [-0.2, -0.15) is 0 Å². The van der Waals surface area contributed by atoms with Gasteiger partial charge in [-0.3, -0.25) is 0 Å². The van der Waals surface area contributed by atoms with Crippen LogP contribution in [0.25, 0.3) is 0 Å². The van der Waals surface area contributed by atoms with E-state index >= 15 is 0 Å². The van der Waals surface area contributed by atoms with Crippen molar-refractivity contribution >= 4 is 0 Å². The summed E-state index contributed by atoms with van der Waals surface area (Å²) in [6.07, 6.45) is 7.50. The Morgan fingerprint density at radius 1 is 0.444 bits per heavy atom. The molecule has 0 amide bonds. The molecule has 0 bridgehead atoms. The summed E-state index contributed by atoms with van der Waals surface area (Å²) in [7, 11) is 0. The molecule has 0 saturated heterocycles. The predicted octanol–water partition coefficient (Wildman–Crippen LogP) is 3.30. The van der Waals surface area contributed by atoms with Gasteiger partial charge < -0.3 is 22.3 Å². The Morgan fingerprint density at radius 2 is 0.556 bits per heavy atom. The van der Waals surface area contributed by atoms with Gasteiger partial charge in [0.15, 0.2) is 0 Å². The average molecular weight is 163 g/mol. The monoisotopic (exact) mass is 163 g/mol. The van der Waals surface area contributed by atoms with E-state index in [1.54, 1.807) is 0 Å². The van der Waals surface area contributed by atoms with E-state index < -0.39 is 0 Å². The predicted molar refractivity (Wildman–Crippen MR) is 42.3 cm³/mol. The minimum absolute atomic E-state index is 0. The fourth-order valence-electron chi connectivity index (χ4n) is 0.884. The van der Waals surface area contributed by atoms with Crippen molar-refractivity contribution in [2.24, 2.45) is 0 Å². The molecule has 0 aromatic heterocycles. The first-order valence-corrected chi connectivity index (χ1v) is 2.50. The number of hydrogen-bond donors (Lipinski definition) is 0. The maximum atomic E-state index is 1.50. The van der Waals surface area contributed by atoms with E-state index in [9.17, 15) is 0 Å². The van der Waals surface area contributed by atoms with Crippen molar-refractivity contribution in [2.75, 3.05) is 0 Å². The summed E-state index contributed by atoms with van der Waals surface area (Å²) < 4.78 is 0. The number of rotatable bonds is 0. The maximum absolute atomic E-state index is 1.50. The molecule has 1 aliphatic carbocycles. The van der Waals surface area contributed by atoms with Gasteiger partial charge >= 0.3 is 21.7 Å². The molecule has 1 aliphatic rings. The fourth-order valence-corrected chi connectivity index (χ4v) is 0.884. The molecule has 0 aromatic carbocycles. The van der Waals surface area contributed by atoms with Crippen molar-refractivity contribution in [3.05, 3.63) is 22.3 Å². The molecule has 0 nitrogen and oxygen atoms in total. The molecule has 1 fully saturated rings. The van der Waals surface area contributed by atoms with Crippen molar-refractivity contribution < 1.29 is 21.7 Å². The van der Waals surface area contributed by atoms with E-state index in [4.69, 9.17) is 0 Å². The molecule has 0 aromatic rings. The van der Waals surface area contributed by atoms with Gasteiger partial charge in [-0.05, 0) is 0 Å². The molecule has 0 unspecified atom stereocenters. The van der Waals surface area contributed by atoms with Crippen LogP contribution in [0.1, 0.15) is 32.1 Å². The van der Waals surface area contributed by atoms with Crippen LogP contribution in [0, 0.1) is 22.3 Å². The van der Waals surface area contributed by atoms with E-state index in [1.165, 1.54) is 32.1 Å². The second-order valence-electron chi connectivity index (χ2n) is 1.77. The average Bonchev–Trinajstić information content (AvgIpc) is 1.76.